The maximum Gasteiger partial charge on any atom is 0.391 e. The molecule has 4 fully saturated rings. The predicted octanol–water partition coefficient (Wildman–Crippen LogP) is 3.35. The van der Waals surface area contributed by atoms with Gasteiger partial charge in [0.25, 0.3) is 0 Å². The molecule has 0 amide bonds. The number of hydrogen-bond acceptors (Lipinski definition) is 4. The van der Waals surface area contributed by atoms with Crippen LogP contribution in [0.3, 0.4) is 0 Å². The van der Waals surface area contributed by atoms with Crippen LogP contribution in [-0.4, -0.2) is 73.5 Å². The Labute approximate surface area is 171 Å². The number of rotatable bonds is 4. The van der Waals surface area contributed by atoms with Crippen molar-refractivity contribution in [3.05, 3.63) is 0 Å². The highest BCUT2D eigenvalue weighted by atomic mass is 19.4. The highest BCUT2D eigenvalue weighted by Crippen LogP contribution is 2.39. The first-order chi connectivity index (χ1) is 13.9. The normalized spacial score (nSPS) is 41.0. The van der Waals surface area contributed by atoms with E-state index in [-0.39, 0.29) is 12.5 Å². The van der Waals surface area contributed by atoms with E-state index < -0.39 is 18.3 Å². The molecule has 2 saturated heterocycles. The van der Waals surface area contributed by atoms with Crippen molar-refractivity contribution >= 4 is 0 Å². The topological polar surface area (TPSA) is 30.5 Å². The summed E-state index contributed by atoms with van der Waals surface area (Å²) in [7, 11) is 0. The molecule has 0 spiro atoms. The van der Waals surface area contributed by atoms with E-state index in [9.17, 15) is 17.6 Å². The lowest BCUT2D eigenvalue weighted by molar-refractivity contribution is -0.187. The van der Waals surface area contributed by atoms with E-state index in [1.165, 1.54) is 0 Å². The van der Waals surface area contributed by atoms with E-state index in [1.54, 1.807) is 0 Å². The molecule has 4 unspecified atom stereocenters. The third-order valence-electron chi connectivity index (χ3n) is 7.88. The van der Waals surface area contributed by atoms with Crippen molar-refractivity contribution < 1.29 is 17.6 Å². The standard InChI is InChI=1S/C21H36F4N4/c22-18-6-4-15(5-7-18)20-16(13-26-27-20)14-28-8-10-29(11-9-28)19-3-1-2-17(12-19)21(23,24)25/h15-20,26-27H,1-14H2. The third kappa shape index (κ3) is 5.43. The maximum absolute atomic E-state index is 13.5. The van der Waals surface area contributed by atoms with Gasteiger partial charge in [0, 0.05) is 57.3 Å². The molecule has 4 atom stereocenters. The molecule has 0 aromatic rings. The van der Waals surface area contributed by atoms with Gasteiger partial charge in [-0.1, -0.05) is 6.42 Å². The van der Waals surface area contributed by atoms with Gasteiger partial charge in [0.2, 0.25) is 0 Å². The van der Waals surface area contributed by atoms with Crippen molar-refractivity contribution in [1.29, 1.82) is 0 Å². The van der Waals surface area contributed by atoms with Crippen molar-refractivity contribution in [3.8, 4) is 0 Å². The average Bonchev–Trinajstić information content (AvgIpc) is 3.17. The highest BCUT2D eigenvalue weighted by molar-refractivity contribution is 4.93. The van der Waals surface area contributed by atoms with E-state index in [0.29, 0.717) is 43.6 Å². The van der Waals surface area contributed by atoms with E-state index in [1.807, 2.05) is 0 Å². The summed E-state index contributed by atoms with van der Waals surface area (Å²) in [6.07, 6.45) is 0.817. The molecule has 29 heavy (non-hydrogen) atoms. The molecule has 2 aliphatic carbocycles. The molecule has 2 heterocycles. The summed E-state index contributed by atoms with van der Waals surface area (Å²) < 4.78 is 52.9. The number of piperazine rings is 1. The molecule has 2 aliphatic heterocycles. The largest absolute Gasteiger partial charge is 0.391 e. The second kappa shape index (κ2) is 9.37. The Kier molecular flexibility index (Phi) is 7.03. The van der Waals surface area contributed by atoms with Crippen LogP contribution in [0.2, 0.25) is 0 Å². The zero-order chi connectivity index (χ0) is 20.4. The van der Waals surface area contributed by atoms with Crippen LogP contribution in [0.1, 0.15) is 51.4 Å². The van der Waals surface area contributed by atoms with Crippen molar-refractivity contribution in [2.45, 2.75) is 75.8 Å². The number of nitrogens with zero attached hydrogens (tertiary/aromatic N) is 2. The Morgan fingerprint density at radius 1 is 0.897 bits per heavy atom. The second-order valence-corrected chi connectivity index (χ2v) is 9.72. The van der Waals surface area contributed by atoms with Crippen LogP contribution in [0, 0.1) is 17.8 Å². The molecule has 4 aliphatic rings. The molecular weight excluding hydrogens is 384 g/mol. The van der Waals surface area contributed by atoms with Gasteiger partial charge in [0.15, 0.2) is 0 Å². The van der Waals surface area contributed by atoms with Crippen LogP contribution in [0.5, 0.6) is 0 Å². The van der Waals surface area contributed by atoms with Crippen LogP contribution in [0.25, 0.3) is 0 Å². The predicted molar refractivity (Wildman–Crippen MR) is 105 cm³/mol. The smallest absolute Gasteiger partial charge is 0.300 e. The second-order valence-electron chi connectivity index (χ2n) is 9.72. The van der Waals surface area contributed by atoms with Crippen molar-refractivity contribution in [2.75, 3.05) is 39.3 Å². The van der Waals surface area contributed by atoms with Gasteiger partial charge in [-0.25, -0.2) is 4.39 Å². The first kappa shape index (κ1) is 21.8. The third-order valence-corrected chi connectivity index (χ3v) is 7.88. The number of alkyl halides is 4. The summed E-state index contributed by atoms with van der Waals surface area (Å²) >= 11 is 0. The fourth-order valence-electron chi connectivity index (χ4n) is 6.11. The maximum atomic E-state index is 13.5. The Morgan fingerprint density at radius 2 is 1.62 bits per heavy atom. The zero-order valence-corrected chi connectivity index (χ0v) is 17.3. The fraction of sp³-hybridized carbons (Fsp3) is 1.00. The van der Waals surface area contributed by atoms with Crippen LogP contribution in [0.15, 0.2) is 0 Å². The van der Waals surface area contributed by atoms with Gasteiger partial charge in [-0.05, 0) is 50.9 Å². The first-order valence-electron chi connectivity index (χ1n) is 11.6. The summed E-state index contributed by atoms with van der Waals surface area (Å²) in [6.45, 7) is 5.59. The minimum atomic E-state index is -4.04. The van der Waals surface area contributed by atoms with E-state index in [0.717, 1.165) is 58.5 Å². The molecular formula is C21H36F4N4. The Bertz CT molecular complexity index is 515. The monoisotopic (exact) mass is 420 g/mol. The minimum Gasteiger partial charge on any atom is -0.300 e. The molecule has 8 heteroatoms. The lowest BCUT2D eigenvalue weighted by atomic mass is 9.79. The van der Waals surface area contributed by atoms with Gasteiger partial charge >= 0.3 is 6.18 Å². The Hall–Kier alpha value is -0.440. The molecule has 168 valence electrons. The highest BCUT2D eigenvalue weighted by Gasteiger charge is 2.43. The summed E-state index contributed by atoms with van der Waals surface area (Å²) in [5.74, 6) is -0.0491. The van der Waals surface area contributed by atoms with Crippen molar-refractivity contribution in [2.24, 2.45) is 17.8 Å². The van der Waals surface area contributed by atoms with Gasteiger partial charge in [-0.15, -0.1) is 0 Å². The van der Waals surface area contributed by atoms with Gasteiger partial charge in [0.05, 0.1) is 5.92 Å². The van der Waals surface area contributed by atoms with Gasteiger partial charge < -0.3 is 4.90 Å². The molecule has 0 radical (unpaired) electrons. The lowest BCUT2D eigenvalue weighted by Gasteiger charge is -2.43. The molecule has 0 bridgehead atoms. The lowest BCUT2D eigenvalue weighted by Crippen LogP contribution is -2.53. The zero-order valence-electron chi connectivity index (χ0n) is 17.3. The number of halogens is 4. The van der Waals surface area contributed by atoms with Crippen LogP contribution in [-0.2, 0) is 0 Å². The number of hydrogen-bond donors (Lipinski definition) is 2. The summed E-state index contributed by atoms with van der Waals surface area (Å²) in [4.78, 5) is 4.78. The van der Waals surface area contributed by atoms with Crippen molar-refractivity contribution in [1.82, 2.24) is 20.7 Å². The molecule has 2 saturated carbocycles. The minimum absolute atomic E-state index is 0.0935. The SMILES string of the molecule is FC1CCC(C2NNCC2CN2CCN(C3CCCC(C(F)(F)F)C3)CC2)CC1. The van der Waals surface area contributed by atoms with Gasteiger partial charge in [0.1, 0.15) is 6.17 Å². The van der Waals surface area contributed by atoms with Crippen LogP contribution >= 0.6 is 0 Å². The Morgan fingerprint density at radius 3 is 2.31 bits per heavy atom. The summed E-state index contributed by atoms with van der Waals surface area (Å²) in [5, 5.41) is 0. The van der Waals surface area contributed by atoms with Crippen LogP contribution < -0.4 is 10.9 Å². The summed E-state index contributed by atoms with van der Waals surface area (Å²) in [6, 6.07) is 0.502. The average molecular weight is 421 g/mol. The molecule has 0 aromatic carbocycles. The molecule has 2 N–H and O–H groups in total. The van der Waals surface area contributed by atoms with E-state index >= 15 is 0 Å². The summed E-state index contributed by atoms with van der Waals surface area (Å²) in [5.41, 5.74) is 6.76. The molecule has 4 nitrogen and oxygen atoms in total. The molecule has 0 aromatic heterocycles. The van der Waals surface area contributed by atoms with E-state index in [4.69, 9.17) is 0 Å². The van der Waals surface area contributed by atoms with Gasteiger partial charge in [-0.3, -0.25) is 15.8 Å². The van der Waals surface area contributed by atoms with Gasteiger partial charge in [-0.2, -0.15) is 13.2 Å². The molecule has 4 rings (SSSR count). The quantitative estimate of drug-likeness (QED) is 0.683. The first-order valence-corrected chi connectivity index (χ1v) is 11.6. The van der Waals surface area contributed by atoms with Crippen LogP contribution in [0.4, 0.5) is 17.6 Å². The number of nitrogens with one attached hydrogen (secondary N) is 2. The van der Waals surface area contributed by atoms with Crippen molar-refractivity contribution in [3.63, 3.8) is 0 Å². The Balaban J connectivity index is 1.23. The number of hydrazine groups is 1. The fourth-order valence-corrected chi connectivity index (χ4v) is 6.11. The van der Waals surface area contributed by atoms with E-state index in [2.05, 4.69) is 20.7 Å².